The Morgan fingerprint density at radius 2 is 2.06 bits per heavy atom. The van der Waals surface area contributed by atoms with Crippen LogP contribution < -0.4 is 5.32 Å². The maximum absolute atomic E-state index is 13.5. The van der Waals surface area contributed by atoms with Crippen LogP contribution in [0.5, 0.6) is 0 Å². The topological polar surface area (TPSA) is 55.2 Å². The summed E-state index contributed by atoms with van der Waals surface area (Å²) < 4.78 is 26.6. The van der Waals surface area contributed by atoms with E-state index in [9.17, 15) is 18.9 Å². The van der Waals surface area contributed by atoms with Gasteiger partial charge in [0, 0.05) is 12.1 Å². The predicted molar refractivity (Wildman–Crippen MR) is 58.8 cm³/mol. The number of nitro groups is 1. The third-order valence-corrected chi connectivity index (χ3v) is 3.10. The van der Waals surface area contributed by atoms with Gasteiger partial charge < -0.3 is 5.32 Å². The second kappa shape index (κ2) is 3.65. The van der Waals surface area contributed by atoms with Gasteiger partial charge in [-0.3, -0.25) is 10.1 Å². The second-order valence-corrected chi connectivity index (χ2v) is 4.90. The van der Waals surface area contributed by atoms with Crippen LogP contribution in [0.3, 0.4) is 0 Å². The second-order valence-electron chi connectivity index (χ2n) is 4.90. The molecule has 0 aromatic heterocycles. The molecule has 1 atom stereocenters. The van der Waals surface area contributed by atoms with Crippen LogP contribution in [-0.2, 0) is 0 Å². The quantitative estimate of drug-likeness (QED) is 0.654. The van der Waals surface area contributed by atoms with Crippen molar-refractivity contribution in [3.63, 3.8) is 0 Å². The lowest BCUT2D eigenvalue weighted by atomic mass is 10.2. The molecular formula is C11H12F2N2O2. The van der Waals surface area contributed by atoms with Crippen LogP contribution in [0.2, 0.25) is 0 Å². The number of anilines is 1. The highest BCUT2D eigenvalue weighted by molar-refractivity contribution is 5.63. The minimum absolute atomic E-state index is 0.0351. The average Bonchev–Trinajstić information content (AvgIpc) is 2.81. The fourth-order valence-electron chi connectivity index (χ4n) is 1.72. The Morgan fingerprint density at radius 1 is 1.47 bits per heavy atom. The van der Waals surface area contributed by atoms with E-state index in [0.717, 1.165) is 18.6 Å². The van der Waals surface area contributed by atoms with Crippen LogP contribution in [-0.4, -0.2) is 11.0 Å². The van der Waals surface area contributed by atoms with Gasteiger partial charge in [-0.15, -0.1) is 0 Å². The molecule has 1 fully saturated rings. The van der Waals surface area contributed by atoms with Gasteiger partial charge in [-0.25, -0.2) is 8.78 Å². The number of hydrogen-bond acceptors (Lipinski definition) is 3. The number of hydrogen-bond donors (Lipinski definition) is 1. The molecule has 0 aliphatic heterocycles. The Morgan fingerprint density at radius 3 is 2.53 bits per heavy atom. The molecule has 1 aliphatic rings. The molecule has 1 N–H and O–H groups in total. The molecule has 4 nitrogen and oxygen atoms in total. The van der Waals surface area contributed by atoms with E-state index in [4.69, 9.17) is 0 Å². The number of halogens is 2. The van der Waals surface area contributed by atoms with Gasteiger partial charge in [0.1, 0.15) is 0 Å². The van der Waals surface area contributed by atoms with Crippen molar-refractivity contribution in [1.82, 2.24) is 0 Å². The summed E-state index contributed by atoms with van der Waals surface area (Å²) in [6.07, 6.45) is 0.778. The maximum atomic E-state index is 13.5. The summed E-state index contributed by atoms with van der Waals surface area (Å²) >= 11 is 0. The molecule has 0 radical (unpaired) electrons. The number of nitrogens with one attached hydrogen (secondary N) is 1. The van der Waals surface area contributed by atoms with Crippen LogP contribution in [0.15, 0.2) is 12.1 Å². The zero-order valence-corrected chi connectivity index (χ0v) is 9.46. The van der Waals surface area contributed by atoms with Gasteiger partial charge in [-0.2, -0.15) is 0 Å². The fourth-order valence-corrected chi connectivity index (χ4v) is 1.72. The zero-order chi connectivity index (χ0) is 12.8. The van der Waals surface area contributed by atoms with Crippen LogP contribution in [0.25, 0.3) is 0 Å². The number of benzene rings is 1. The van der Waals surface area contributed by atoms with E-state index in [1.54, 1.807) is 0 Å². The van der Waals surface area contributed by atoms with Crippen molar-refractivity contribution in [2.24, 2.45) is 5.41 Å². The van der Waals surface area contributed by atoms with Crippen molar-refractivity contribution < 1.29 is 13.7 Å². The standard InChI is InChI=1S/C11H12F2N2O2/c1-11(2)5-8(11)14-10-7(15(16)17)4-3-6(12)9(10)13/h3-4,8,14H,5H2,1-2H3. The lowest BCUT2D eigenvalue weighted by Gasteiger charge is -2.09. The molecular weight excluding hydrogens is 230 g/mol. The summed E-state index contributed by atoms with van der Waals surface area (Å²) in [7, 11) is 0. The van der Waals surface area contributed by atoms with Gasteiger partial charge in [0.05, 0.1) is 4.92 Å². The largest absolute Gasteiger partial charge is 0.374 e. The van der Waals surface area contributed by atoms with Crippen LogP contribution >= 0.6 is 0 Å². The maximum Gasteiger partial charge on any atom is 0.295 e. The number of rotatable bonds is 3. The molecule has 1 aliphatic carbocycles. The van der Waals surface area contributed by atoms with E-state index in [1.807, 2.05) is 13.8 Å². The lowest BCUT2D eigenvalue weighted by Crippen LogP contribution is -2.12. The van der Waals surface area contributed by atoms with E-state index < -0.39 is 22.2 Å². The smallest absolute Gasteiger partial charge is 0.295 e. The monoisotopic (exact) mass is 242 g/mol. The summed E-state index contributed by atoms with van der Waals surface area (Å²) in [4.78, 5) is 10.0. The van der Waals surface area contributed by atoms with E-state index >= 15 is 0 Å². The van der Waals surface area contributed by atoms with Gasteiger partial charge in [0.2, 0.25) is 0 Å². The normalized spacial score (nSPS) is 21.1. The first-order valence-corrected chi connectivity index (χ1v) is 5.22. The Bertz CT molecular complexity index is 489. The van der Waals surface area contributed by atoms with Gasteiger partial charge in [0.25, 0.3) is 5.69 Å². The minimum atomic E-state index is -1.19. The van der Waals surface area contributed by atoms with Gasteiger partial charge >= 0.3 is 0 Å². The molecule has 0 saturated heterocycles. The molecule has 1 aromatic rings. The molecule has 0 bridgehead atoms. The van der Waals surface area contributed by atoms with Crippen LogP contribution in [0.4, 0.5) is 20.2 Å². The van der Waals surface area contributed by atoms with Gasteiger partial charge in [-0.05, 0) is 17.9 Å². The highest BCUT2D eigenvalue weighted by Gasteiger charge is 2.46. The first kappa shape index (κ1) is 11.8. The first-order valence-electron chi connectivity index (χ1n) is 5.22. The summed E-state index contributed by atoms with van der Waals surface area (Å²) in [5.41, 5.74) is -0.829. The van der Waals surface area contributed by atoms with E-state index in [2.05, 4.69) is 5.32 Å². The first-order chi connectivity index (χ1) is 7.83. The highest BCUT2D eigenvalue weighted by atomic mass is 19.2. The molecule has 1 unspecified atom stereocenters. The van der Waals surface area contributed by atoms with Crippen molar-refractivity contribution in [3.8, 4) is 0 Å². The molecule has 0 heterocycles. The molecule has 92 valence electrons. The molecule has 1 aromatic carbocycles. The minimum Gasteiger partial charge on any atom is -0.374 e. The SMILES string of the molecule is CC1(C)CC1Nc1c([N+](=O)[O-])ccc(F)c1F. The highest BCUT2D eigenvalue weighted by Crippen LogP contribution is 2.47. The van der Waals surface area contributed by atoms with E-state index in [0.29, 0.717) is 0 Å². The average molecular weight is 242 g/mol. The Labute approximate surface area is 96.8 Å². The fraction of sp³-hybridized carbons (Fsp3) is 0.455. The Kier molecular flexibility index (Phi) is 2.52. The molecule has 0 amide bonds. The van der Waals surface area contributed by atoms with E-state index in [-0.39, 0.29) is 17.1 Å². The number of nitro benzene ring substituents is 1. The Hall–Kier alpha value is -1.72. The summed E-state index contributed by atoms with van der Waals surface area (Å²) in [5, 5.41) is 13.4. The molecule has 17 heavy (non-hydrogen) atoms. The van der Waals surface area contributed by atoms with Gasteiger partial charge in [0.15, 0.2) is 17.3 Å². The van der Waals surface area contributed by atoms with E-state index in [1.165, 1.54) is 0 Å². The Balaban J connectivity index is 2.36. The molecule has 2 rings (SSSR count). The van der Waals surface area contributed by atoms with Crippen molar-refractivity contribution in [3.05, 3.63) is 33.9 Å². The number of nitrogens with zero attached hydrogens (tertiary/aromatic N) is 1. The third-order valence-electron chi connectivity index (χ3n) is 3.10. The molecule has 6 heteroatoms. The van der Waals surface area contributed by atoms with Gasteiger partial charge in [-0.1, -0.05) is 13.8 Å². The van der Waals surface area contributed by atoms with Crippen molar-refractivity contribution in [1.29, 1.82) is 0 Å². The summed E-state index contributed by atoms with van der Waals surface area (Å²) in [5.74, 6) is -2.28. The van der Waals surface area contributed by atoms with Crippen LogP contribution in [0, 0.1) is 27.2 Å². The van der Waals surface area contributed by atoms with Crippen molar-refractivity contribution in [2.45, 2.75) is 26.3 Å². The summed E-state index contributed by atoms with van der Waals surface area (Å²) in [6.45, 7) is 3.90. The van der Waals surface area contributed by atoms with Crippen molar-refractivity contribution >= 4 is 11.4 Å². The predicted octanol–water partition coefficient (Wildman–Crippen LogP) is 3.08. The molecule has 1 saturated carbocycles. The molecule has 0 spiro atoms. The summed E-state index contributed by atoms with van der Waals surface area (Å²) in [6, 6.07) is 1.67. The van der Waals surface area contributed by atoms with Crippen LogP contribution in [0.1, 0.15) is 20.3 Å². The lowest BCUT2D eigenvalue weighted by molar-refractivity contribution is -0.384. The zero-order valence-electron chi connectivity index (χ0n) is 9.46. The van der Waals surface area contributed by atoms with Crippen molar-refractivity contribution in [2.75, 3.05) is 5.32 Å². The third kappa shape index (κ3) is 2.07.